The van der Waals surface area contributed by atoms with Crippen molar-refractivity contribution in [2.24, 2.45) is 0 Å². The van der Waals surface area contributed by atoms with Gasteiger partial charge in [-0.1, -0.05) is 12.1 Å². The number of nitro benzene ring substituents is 1. The Morgan fingerprint density at radius 1 is 1.35 bits per heavy atom. The van der Waals surface area contributed by atoms with E-state index < -0.39 is 4.92 Å². The predicted molar refractivity (Wildman–Crippen MR) is 88.9 cm³/mol. The van der Waals surface area contributed by atoms with Crippen molar-refractivity contribution in [3.8, 4) is 0 Å². The highest BCUT2D eigenvalue weighted by molar-refractivity contribution is 5.85. The third-order valence-corrected chi connectivity index (χ3v) is 3.58. The second-order valence-electron chi connectivity index (χ2n) is 5.25. The quantitative estimate of drug-likeness (QED) is 0.444. The number of morpholine rings is 1. The highest BCUT2D eigenvalue weighted by atomic mass is 35.5. The molecule has 1 saturated heterocycles. The van der Waals surface area contributed by atoms with Gasteiger partial charge in [0.1, 0.15) is 6.04 Å². The van der Waals surface area contributed by atoms with E-state index in [1.807, 2.05) is 0 Å². The number of non-ortho nitro benzene ring substituents is 1. The van der Waals surface area contributed by atoms with Gasteiger partial charge in [-0.3, -0.25) is 14.9 Å². The summed E-state index contributed by atoms with van der Waals surface area (Å²) in [5.41, 5.74) is 1.18. The molecule has 1 aromatic rings. The monoisotopic (exact) mass is 343 g/mol. The average Bonchev–Trinajstić information content (AvgIpc) is 2.55. The topological polar surface area (TPSA) is 93.5 Å². The van der Waals surface area contributed by atoms with Crippen LogP contribution in [0.1, 0.15) is 18.4 Å². The molecule has 0 aliphatic carbocycles. The first-order valence-corrected chi connectivity index (χ1v) is 7.49. The summed E-state index contributed by atoms with van der Waals surface area (Å²) in [6.07, 6.45) is 2.64. The van der Waals surface area contributed by atoms with Crippen LogP contribution in [0.4, 0.5) is 5.69 Å². The van der Waals surface area contributed by atoms with Crippen molar-refractivity contribution in [3.05, 3.63) is 39.9 Å². The van der Waals surface area contributed by atoms with Crippen LogP contribution in [-0.4, -0.2) is 43.2 Å². The molecule has 1 aliphatic rings. The van der Waals surface area contributed by atoms with Gasteiger partial charge in [0.2, 0.25) is 5.91 Å². The molecule has 128 valence electrons. The second-order valence-corrected chi connectivity index (χ2v) is 5.25. The van der Waals surface area contributed by atoms with E-state index in [2.05, 4.69) is 10.6 Å². The largest absolute Gasteiger partial charge is 0.378 e. The van der Waals surface area contributed by atoms with Crippen molar-refractivity contribution in [1.29, 1.82) is 0 Å². The number of unbranched alkanes of at least 4 members (excludes halogenated alkanes) is 1. The number of rotatable bonds is 7. The zero-order valence-corrected chi connectivity index (χ0v) is 13.6. The zero-order chi connectivity index (χ0) is 15.8. The lowest BCUT2D eigenvalue weighted by molar-refractivity contribution is -0.384. The minimum Gasteiger partial charge on any atom is -0.378 e. The minimum atomic E-state index is -0.400. The van der Waals surface area contributed by atoms with Crippen molar-refractivity contribution in [1.82, 2.24) is 10.6 Å². The number of amides is 1. The molecule has 1 aliphatic heterocycles. The van der Waals surface area contributed by atoms with Crippen LogP contribution >= 0.6 is 12.4 Å². The summed E-state index contributed by atoms with van der Waals surface area (Å²) in [6.45, 7) is 2.41. The Morgan fingerprint density at radius 3 is 2.70 bits per heavy atom. The van der Waals surface area contributed by atoms with E-state index in [4.69, 9.17) is 4.74 Å². The van der Waals surface area contributed by atoms with E-state index in [0.29, 0.717) is 26.3 Å². The van der Waals surface area contributed by atoms with Crippen molar-refractivity contribution >= 4 is 24.0 Å². The number of nitrogens with zero attached hydrogens (tertiary/aromatic N) is 1. The first-order chi connectivity index (χ1) is 10.7. The van der Waals surface area contributed by atoms with Gasteiger partial charge in [-0.25, -0.2) is 0 Å². The second kappa shape index (κ2) is 10.1. The molecule has 2 rings (SSSR count). The molecule has 1 heterocycles. The van der Waals surface area contributed by atoms with E-state index >= 15 is 0 Å². The van der Waals surface area contributed by atoms with Crippen LogP contribution in [0.5, 0.6) is 0 Å². The number of hydrogen-bond acceptors (Lipinski definition) is 5. The third-order valence-electron chi connectivity index (χ3n) is 3.58. The molecule has 1 atom stereocenters. The zero-order valence-electron chi connectivity index (χ0n) is 12.8. The van der Waals surface area contributed by atoms with E-state index in [1.54, 1.807) is 12.1 Å². The van der Waals surface area contributed by atoms with Crippen LogP contribution < -0.4 is 10.6 Å². The van der Waals surface area contributed by atoms with Gasteiger partial charge in [-0.15, -0.1) is 12.4 Å². The molecular weight excluding hydrogens is 322 g/mol. The van der Waals surface area contributed by atoms with Gasteiger partial charge >= 0.3 is 0 Å². The van der Waals surface area contributed by atoms with Gasteiger partial charge in [0, 0.05) is 25.2 Å². The van der Waals surface area contributed by atoms with Crippen molar-refractivity contribution < 1.29 is 14.5 Å². The Labute approximate surface area is 141 Å². The standard InChI is InChI=1S/C15H21N3O4.ClH/c19-15(14-11-22-10-9-16-14)17-8-2-1-3-12-4-6-13(7-5-12)18(20)21;/h4-7,14,16H,1-3,8-11H2,(H,17,19);1H. The van der Waals surface area contributed by atoms with Crippen LogP contribution in [0.3, 0.4) is 0 Å². The summed E-state index contributed by atoms with van der Waals surface area (Å²) in [5, 5.41) is 16.6. The summed E-state index contributed by atoms with van der Waals surface area (Å²) < 4.78 is 5.24. The number of hydrogen-bond donors (Lipinski definition) is 2. The Morgan fingerprint density at radius 2 is 2.09 bits per heavy atom. The smallest absolute Gasteiger partial charge is 0.269 e. The number of carbonyl (C=O) groups excluding carboxylic acids is 1. The van der Waals surface area contributed by atoms with Gasteiger partial charge in [0.05, 0.1) is 18.1 Å². The summed E-state index contributed by atoms with van der Waals surface area (Å²) in [6, 6.07) is 6.35. The Bertz CT molecular complexity index is 504. The molecule has 1 aromatic carbocycles. The normalized spacial score (nSPS) is 17.1. The van der Waals surface area contributed by atoms with E-state index in [0.717, 1.165) is 24.8 Å². The Kier molecular flexibility index (Phi) is 8.53. The van der Waals surface area contributed by atoms with Gasteiger partial charge < -0.3 is 15.4 Å². The summed E-state index contributed by atoms with van der Waals surface area (Å²) >= 11 is 0. The van der Waals surface area contributed by atoms with Crippen LogP contribution in [0, 0.1) is 10.1 Å². The van der Waals surface area contributed by atoms with Crippen molar-refractivity contribution in [3.63, 3.8) is 0 Å². The van der Waals surface area contributed by atoms with E-state index in [-0.39, 0.29) is 30.0 Å². The van der Waals surface area contributed by atoms with Crippen LogP contribution in [0.25, 0.3) is 0 Å². The lowest BCUT2D eigenvalue weighted by Crippen LogP contribution is -2.51. The molecule has 23 heavy (non-hydrogen) atoms. The number of benzene rings is 1. The van der Waals surface area contributed by atoms with Gasteiger partial charge in [-0.2, -0.15) is 0 Å². The predicted octanol–water partition coefficient (Wildman–Crippen LogP) is 1.44. The number of ether oxygens (including phenoxy) is 1. The molecule has 1 fully saturated rings. The van der Waals surface area contributed by atoms with Gasteiger partial charge in [-0.05, 0) is 24.8 Å². The number of nitrogens with one attached hydrogen (secondary N) is 2. The molecule has 1 amide bonds. The first-order valence-electron chi connectivity index (χ1n) is 7.49. The molecular formula is C15H22ClN3O4. The van der Waals surface area contributed by atoms with Gasteiger partial charge in [0.25, 0.3) is 5.69 Å². The molecule has 0 bridgehead atoms. The van der Waals surface area contributed by atoms with Crippen molar-refractivity contribution in [2.45, 2.75) is 25.3 Å². The Hall–Kier alpha value is -1.70. The first kappa shape index (κ1) is 19.3. The fourth-order valence-corrected chi connectivity index (χ4v) is 2.31. The fourth-order valence-electron chi connectivity index (χ4n) is 2.31. The average molecular weight is 344 g/mol. The lowest BCUT2D eigenvalue weighted by Gasteiger charge is -2.22. The number of carbonyl (C=O) groups is 1. The van der Waals surface area contributed by atoms with Crippen LogP contribution in [0.2, 0.25) is 0 Å². The lowest BCUT2D eigenvalue weighted by atomic mass is 10.1. The minimum absolute atomic E-state index is 0. The third kappa shape index (κ3) is 6.52. The molecule has 0 saturated carbocycles. The SMILES string of the molecule is Cl.O=C(NCCCCc1ccc([N+](=O)[O-])cc1)C1COCCN1. The highest BCUT2D eigenvalue weighted by Gasteiger charge is 2.20. The molecule has 0 aromatic heterocycles. The summed E-state index contributed by atoms with van der Waals surface area (Å²) in [4.78, 5) is 22.0. The molecule has 1 unspecified atom stereocenters. The maximum absolute atomic E-state index is 11.8. The van der Waals surface area contributed by atoms with Crippen molar-refractivity contribution in [2.75, 3.05) is 26.3 Å². The molecule has 8 heteroatoms. The summed E-state index contributed by atoms with van der Waals surface area (Å²) in [5.74, 6) is -0.0185. The van der Waals surface area contributed by atoms with E-state index in [9.17, 15) is 14.9 Å². The van der Waals surface area contributed by atoms with Crippen LogP contribution in [-0.2, 0) is 16.0 Å². The molecule has 0 radical (unpaired) electrons. The van der Waals surface area contributed by atoms with Crippen LogP contribution in [0.15, 0.2) is 24.3 Å². The number of aryl methyl sites for hydroxylation is 1. The highest BCUT2D eigenvalue weighted by Crippen LogP contribution is 2.13. The Balaban J connectivity index is 0.00000264. The molecule has 0 spiro atoms. The number of nitro groups is 1. The maximum Gasteiger partial charge on any atom is 0.269 e. The maximum atomic E-state index is 11.8. The van der Waals surface area contributed by atoms with Gasteiger partial charge in [0.15, 0.2) is 0 Å². The molecule has 2 N–H and O–H groups in total. The summed E-state index contributed by atoms with van der Waals surface area (Å²) in [7, 11) is 0. The number of halogens is 1. The molecule has 7 nitrogen and oxygen atoms in total. The fraction of sp³-hybridized carbons (Fsp3) is 0.533. The van der Waals surface area contributed by atoms with E-state index in [1.165, 1.54) is 12.1 Å².